The highest BCUT2D eigenvalue weighted by Gasteiger charge is 2.00. The third kappa shape index (κ3) is 2.74. The molecule has 0 fully saturated rings. The first kappa shape index (κ1) is 11.4. The first-order valence-electron chi connectivity index (χ1n) is 5.32. The van der Waals surface area contributed by atoms with Gasteiger partial charge in [0.25, 0.3) is 0 Å². The maximum atomic E-state index is 3.45. The number of nitrogens with zero attached hydrogens (tertiary/aromatic N) is 1. The van der Waals surface area contributed by atoms with Gasteiger partial charge >= 0.3 is 0 Å². The van der Waals surface area contributed by atoms with E-state index in [0.29, 0.717) is 0 Å². The monoisotopic (exact) mass is 278 g/mol. The molecule has 1 N–H and O–H groups in total. The van der Waals surface area contributed by atoms with Gasteiger partial charge in [0.05, 0.1) is 0 Å². The summed E-state index contributed by atoms with van der Waals surface area (Å²) in [5.41, 5.74) is 2.63. The van der Waals surface area contributed by atoms with Crippen LogP contribution < -0.4 is 5.32 Å². The summed E-state index contributed by atoms with van der Waals surface area (Å²) in [6.45, 7) is 1.83. The highest BCUT2D eigenvalue weighted by Crippen LogP contribution is 2.13. The molecule has 0 amide bonds. The van der Waals surface area contributed by atoms with Crippen LogP contribution in [0.2, 0.25) is 0 Å². The van der Waals surface area contributed by atoms with Gasteiger partial charge in [-0.3, -0.25) is 0 Å². The molecule has 1 aromatic heterocycles. The first-order chi connectivity index (χ1) is 7.79. The first-order valence-corrected chi connectivity index (χ1v) is 6.12. The number of aromatic nitrogens is 1. The van der Waals surface area contributed by atoms with Crippen LogP contribution in [0.25, 0.3) is 0 Å². The molecule has 0 aliphatic rings. The molecule has 2 nitrogen and oxygen atoms in total. The van der Waals surface area contributed by atoms with Crippen LogP contribution in [-0.4, -0.2) is 11.6 Å². The molecule has 0 atom stereocenters. The van der Waals surface area contributed by atoms with Crippen LogP contribution in [0, 0.1) is 0 Å². The Bertz CT molecular complexity index is 445. The van der Waals surface area contributed by atoms with Crippen LogP contribution >= 0.6 is 15.9 Å². The van der Waals surface area contributed by atoms with Crippen molar-refractivity contribution in [2.24, 2.45) is 0 Å². The van der Waals surface area contributed by atoms with E-state index in [9.17, 15) is 0 Å². The predicted molar refractivity (Wildman–Crippen MR) is 70.4 cm³/mol. The number of rotatable bonds is 4. The van der Waals surface area contributed by atoms with Crippen LogP contribution in [-0.2, 0) is 13.1 Å². The lowest BCUT2D eigenvalue weighted by Crippen LogP contribution is -2.11. The average molecular weight is 279 g/mol. The van der Waals surface area contributed by atoms with E-state index in [1.165, 1.54) is 11.3 Å². The molecule has 0 unspecified atom stereocenters. The molecule has 1 heterocycles. The zero-order valence-corrected chi connectivity index (χ0v) is 10.9. The Kier molecular flexibility index (Phi) is 3.80. The molecule has 0 saturated heterocycles. The van der Waals surface area contributed by atoms with Crippen molar-refractivity contribution >= 4 is 15.9 Å². The van der Waals surface area contributed by atoms with E-state index >= 15 is 0 Å². The van der Waals surface area contributed by atoms with Crippen LogP contribution in [0.4, 0.5) is 0 Å². The SMILES string of the molecule is CNCc1cccn1Cc1ccc(Br)cc1. The fourth-order valence-corrected chi connectivity index (χ4v) is 2.00. The van der Waals surface area contributed by atoms with Crippen molar-refractivity contribution in [1.82, 2.24) is 9.88 Å². The number of hydrogen-bond donors (Lipinski definition) is 1. The Balaban J connectivity index is 2.13. The fraction of sp³-hybridized carbons (Fsp3) is 0.231. The minimum atomic E-state index is 0.906. The van der Waals surface area contributed by atoms with E-state index in [-0.39, 0.29) is 0 Å². The summed E-state index contributed by atoms with van der Waals surface area (Å²) >= 11 is 3.45. The van der Waals surface area contributed by atoms with Gasteiger partial charge < -0.3 is 9.88 Å². The lowest BCUT2D eigenvalue weighted by atomic mass is 10.2. The Labute approximate surface area is 104 Å². The summed E-state index contributed by atoms with van der Waals surface area (Å²) < 4.78 is 3.39. The van der Waals surface area contributed by atoms with Gasteiger partial charge in [-0.05, 0) is 36.9 Å². The van der Waals surface area contributed by atoms with Gasteiger partial charge in [-0.25, -0.2) is 0 Å². The van der Waals surface area contributed by atoms with Crippen molar-refractivity contribution in [3.8, 4) is 0 Å². The van der Waals surface area contributed by atoms with Gasteiger partial charge in [-0.1, -0.05) is 28.1 Å². The molecule has 0 spiro atoms. The van der Waals surface area contributed by atoms with Crippen LogP contribution in [0.15, 0.2) is 47.1 Å². The molecule has 0 radical (unpaired) electrons. The highest BCUT2D eigenvalue weighted by atomic mass is 79.9. The summed E-state index contributed by atoms with van der Waals surface area (Å²) in [5.74, 6) is 0. The quantitative estimate of drug-likeness (QED) is 0.910. The van der Waals surface area contributed by atoms with Gasteiger partial charge in [0.1, 0.15) is 0 Å². The molecule has 0 aliphatic carbocycles. The summed E-state index contributed by atoms with van der Waals surface area (Å²) in [5, 5.41) is 3.18. The van der Waals surface area contributed by atoms with E-state index in [0.717, 1.165) is 17.6 Å². The van der Waals surface area contributed by atoms with Crippen molar-refractivity contribution in [2.45, 2.75) is 13.1 Å². The van der Waals surface area contributed by atoms with Crippen molar-refractivity contribution in [2.75, 3.05) is 7.05 Å². The Morgan fingerprint density at radius 2 is 1.94 bits per heavy atom. The van der Waals surface area contributed by atoms with E-state index in [1.807, 2.05) is 7.05 Å². The molecular weight excluding hydrogens is 264 g/mol. The van der Waals surface area contributed by atoms with Crippen molar-refractivity contribution in [3.63, 3.8) is 0 Å². The third-order valence-corrected chi connectivity index (χ3v) is 3.08. The van der Waals surface area contributed by atoms with Gasteiger partial charge in [0, 0.05) is 29.5 Å². The van der Waals surface area contributed by atoms with Gasteiger partial charge in [-0.2, -0.15) is 0 Å². The van der Waals surface area contributed by atoms with E-state index in [1.54, 1.807) is 0 Å². The zero-order valence-electron chi connectivity index (χ0n) is 9.28. The minimum Gasteiger partial charge on any atom is -0.346 e. The second-order valence-corrected chi connectivity index (χ2v) is 4.70. The second-order valence-electron chi connectivity index (χ2n) is 3.78. The maximum absolute atomic E-state index is 3.45. The molecule has 0 bridgehead atoms. The predicted octanol–water partition coefficient (Wildman–Crippen LogP) is 3.02. The highest BCUT2D eigenvalue weighted by molar-refractivity contribution is 9.10. The number of halogens is 1. The topological polar surface area (TPSA) is 17.0 Å². The molecule has 2 aromatic rings. The Morgan fingerprint density at radius 1 is 1.19 bits per heavy atom. The molecule has 1 aromatic carbocycles. The largest absolute Gasteiger partial charge is 0.346 e. The summed E-state index contributed by atoms with van der Waals surface area (Å²) in [7, 11) is 1.97. The fourth-order valence-electron chi connectivity index (χ4n) is 1.73. The van der Waals surface area contributed by atoms with Gasteiger partial charge in [0.2, 0.25) is 0 Å². The maximum Gasteiger partial charge on any atom is 0.0473 e. The molecule has 16 heavy (non-hydrogen) atoms. The summed E-state index contributed by atoms with van der Waals surface area (Å²) in [4.78, 5) is 0. The molecule has 0 aliphatic heterocycles. The molecular formula is C13H15BrN2. The molecule has 0 saturated carbocycles. The third-order valence-electron chi connectivity index (χ3n) is 2.55. The Morgan fingerprint density at radius 3 is 2.62 bits per heavy atom. The van der Waals surface area contributed by atoms with Crippen molar-refractivity contribution in [3.05, 3.63) is 58.3 Å². The molecule has 2 rings (SSSR count). The number of nitrogens with one attached hydrogen (secondary N) is 1. The summed E-state index contributed by atoms with van der Waals surface area (Å²) in [6.07, 6.45) is 2.12. The lowest BCUT2D eigenvalue weighted by Gasteiger charge is -2.09. The second kappa shape index (κ2) is 5.32. The van der Waals surface area contributed by atoms with Crippen LogP contribution in [0.1, 0.15) is 11.3 Å². The lowest BCUT2D eigenvalue weighted by molar-refractivity contribution is 0.694. The average Bonchev–Trinajstić information content (AvgIpc) is 2.70. The zero-order chi connectivity index (χ0) is 11.4. The number of hydrogen-bond acceptors (Lipinski definition) is 1. The standard InChI is InChI=1S/C13H15BrN2/c1-15-9-13-3-2-8-16(13)10-11-4-6-12(14)7-5-11/h2-8,15H,9-10H2,1H3. The van der Waals surface area contributed by atoms with Crippen molar-refractivity contribution in [1.29, 1.82) is 0 Å². The molecule has 84 valence electrons. The normalized spacial score (nSPS) is 10.6. The number of benzene rings is 1. The van der Waals surface area contributed by atoms with Gasteiger partial charge in [0.15, 0.2) is 0 Å². The van der Waals surface area contributed by atoms with Crippen molar-refractivity contribution < 1.29 is 0 Å². The smallest absolute Gasteiger partial charge is 0.0473 e. The van der Waals surface area contributed by atoms with Crippen LogP contribution in [0.3, 0.4) is 0 Å². The minimum absolute atomic E-state index is 0.906. The van der Waals surface area contributed by atoms with E-state index in [2.05, 4.69) is 68.4 Å². The summed E-state index contributed by atoms with van der Waals surface area (Å²) in [6, 6.07) is 12.7. The molecule has 3 heteroatoms. The Hall–Kier alpha value is -1.06. The van der Waals surface area contributed by atoms with E-state index in [4.69, 9.17) is 0 Å². The van der Waals surface area contributed by atoms with Gasteiger partial charge in [-0.15, -0.1) is 0 Å². The van der Waals surface area contributed by atoms with E-state index < -0.39 is 0 Å². The van der Waals surface area contributed by atoms with Crippen LogP contribution in [0.5, 0.6) is 0 Å².